The largest absolute Gasteiger partial charge is 0.455 e. The quantitative estimate of drug-likeness (QED) is 0.274. The third-order valence-corrected chi connectivity index (χ3v) is 6.79. The summed E-state index contributed by atoms with van der Waals surface area (Å²) in [5.41, 5.74) is 9.91. The third kappa shape index (κ3) is 3.48. The minimum Gasteiger partial charge on any atom is -0.455 e. The zero-order chi connectivity index (χ0) is 23.1. The molecule has 0 spiro atoms. The fourth-order valence-electron chi connectivity index (χ4n) is 4.86. The Balaban J connectivity index is 1.50. The highest BCUT2D eigenvalue weighted by molar-refractivity contribution is 6.11. The zero-order valence-electron chi connectivity index (χ0n) is 19.3. The second-order valence-corrected chi connectivity index (χ2v) is 8.92. The highest BCUT2D eigenvalue weighted by atomic mass is 16.3. The molecule has 2 nitrogen and oxygen atoms in total. The second-order valence-electron chi connectivity index (χ2n) is 8.92. The van der Waals surface area contributed by atoms with Gasteiger partial charge in [0.05, 0.1) is 5.69 Å². The lowest BCUT2D eigenvalue weighted by Gasteiger charge is -2.13. The maximum Gasteiger partial charge on any atom is 0.145 e. The third-order valence-electron chi connectivity index (χ3n) is 6.79. The van der Waals surface area contributed by atoms with Gasteiger partial charge < -0.3 is 4.42 Å². The number of aryl methyl sites for hydroxylation is 1. The van der Waals surface area contributed by atoms with Gasteiger partial charge in [-0.3, -0.25) is 4.98 Å². The lowest BCUT2D eigenvalue weighted by molar-refractivity contribution is 0.669. The Bertz CT molecular complexity index is 1610. The molecular weight excluding hydrogens is 414 g/mol. The van der Waals surface area contributed by atoms with Crippen LogP contribution in [0.1, 0.15) is 29.5 Å². The fraction of sp³-hybridized carbons (Fsp3) is 0.0938. The Morgan fingerprint density at radius 1 is 0.706 bits per heavy atom. The first kappa shape index (κ1) is 20.4. The molecule has 0 fully saturated rings. The minimum absolute atomic E-state index is 0.285. The van der Waals surface area contributed by atoms with Gasteiger partial charge in [-0.25, -0.2) is 0 Å². The van der Waals surface area contributed by atoms with Crippen LogP contribution in [0, 0.1) is 6.92 Å². The fourth-order valence-corrected chi connectivity index (χ4v) is 4.86. The van der Waals surface area contributed by atoms with Crippen molar-refractivity contribution in [2.24, 2.45) is 0 Å². The molecule has 6 rings (SSSR count). The Morgan fingerprint density at radius 3 is 2.26 bits per heavy atom. The zero-order valence-corrected chi connectivity index (χ0v) is 19.3. The van der Waals surface area contributed by atoms with Crippen molar-refractivity contribution in [2.75, 3.05) is 0 Å². The molecule has 164 valence electrons. The molecule has 4 aromatic carbocycles. The maximum atomic E-state index is 6.45. The molecule has 0 saturated heterocycles. The van der Waals surface area contributed by atoms with Crippen LogP contribution in [0.3, 0.4) is 0 Å². The number of aromatic nitrogens is 1. The van der Waals surface area contributed by atoms with E-state index in [9.17, 15) is 0 Å². The van der Waals surface area contributed by atoms with E-state index in [1.165, 1.54) is 27.8 Å². The summed E-state index contributed by atoms with van der Waals surface area (Å²) in [5, 5.41) is 2.30. The Morgan fingerprint density at radius 2 is 1.47 bits per heavy atom. The first-order valence-corrected chi connectivity index (χ1v) is 11.7. The number of pyridine rings is 1. The van der Waals surface area contributed by atoms with Gasteiger partial charge in [0.1, 0.15) is 11.2 Å². The number of nitrogens with zero attached hydrogens (tertiary/aromatic N) is 1. The van der Waals surface area contributed by atoms with E-state index in [1.54, 1.807) is 0 Å². The highest BCUT2D eigenvalue weighted by Crippen LogP contribution is 2.39. The van der Waals surface area contributed by atoms with Crippen LogP contribution in [0.2, 0.25) is 0 Å². The predicted molar refractivity (Wildman–Crippen MR) is 141 cm³/mol. The van der Waals surface area contributed by atoms with Gasteiger partial charge in [-0.15, -0.1) is 0 Å². The number of benzene rings is 4. The van der Waals surface area contributed by atoms with E-state index in [-0.39, 0.29) is 5.92 Å². The molecule has 1 atom stereocenters. The van der Waals surface area contributed by atoms with E-state index >= 15 is 0 Å². The van der Waals surface area contributed by atoms with E-state index in [2.05, 4.69) is 111 Å². The number of fused-ring (bicyclic) bond motifs is 3. The van der Waals surface area contributed by atoms with Gasteiger partial charge in [-0.2, -0.15) is 0 Å². The highest BCUT2D eigenvalue weighted by Gasteiger charge is 2.17. The summed E-state index contributed by atoms with van der Waals surface area (Å²) in [5.74, 6) is 0.285. The van der Waals surface area contributed by atoms with Gasteiger partial charge in [0.15, 0.2) is 0 Å². The minimum atomic E-state index is 0.285. The molecule has 0 aliphatic rings. The molecule has 0 aliphatic heterocycles. The van der Waals surface area contributed by atoms with Crippen LogP contribution in [0.5, 0.6) is 0 Å². The standard InChI is InChI=1S/C32H25NO/c1-21-13-15-27(29-20-25(17-18-33-29)22(2)23-9-5-3-6-10-23)32-31(21)28-19-26(14-16-30(28)34-32)24-11-7-4-8-12-24/h3-20,22H,1-2H3. The molecule has 0 radical (unpaired) electrons. The monoisotopic (exact) mass is 439 g/mol. The number of rotatable bonds is 4. The van der Waals surface area contributed by atoms with Gasteiger partial charge in [0, 0.05) is 28.5 Å². The van der Waals surface area contributed by atoms with Gasteiger partial charge in [0.25, 0.3) is 0 Å². The van der Waals surface area contributed by atoms with E-state index in [0.29, 0.717) is 0 Å². The van der Waals surface area contributed by atoms with Crippen LogP contribution < -0.4 is 0 Å². The van der Waals surface area contributed by atoms with Crippen LogP contribution in [0.15, 0.2) is 114 Å². The molecule has 2 aromatic heterocycles. The molecule has 0 aliphatic carbocycles. The average Bonchev–Trinajstić information content (AvgIpc) is 3.29. The van der Waals surface area contributed by atoms with Crippen molar-refractivity contribution < 1.29 is 4.42 Å². The van der Waals surface area contributed by atoms with Crippen LogP contribution in [0.25, 0.3) is 44.3 Å². The molecule has 0 bridgehead atoms. The summed E-state index contributed by atoms with van der Waals surface area (Å²) in [6.45, 7) is 4.39. The number of hydrogen-bond acceptors (Lipinski definition) is 2. The number of hydrogen-bond donors (Lipinski definition) is 0. The Labute approximate surface area is 199 Å². The topological polar surface area (TPSA) is 26.0 Å². The van der Waals surface area contributed by atoms with Crippen LogP contribution in [-0.4, -0.2) is 4.98 Å². The van der Waals surface area contributed by atoms with E-state index in [0.717, 1.165) is 33.2 Å². The summed E-state index contributed by atoms with van der Waals surface area (Å²) in [6, 6.07) is 36.2. The lowest BCUT2D eigenvalue weighted by atomic mass is 9.92. The molecule has 6 aromatic rings. The van der Waals surface area contributed by atoms with Gasteiger partial charge >= 0.3 is 0 Å². The van der Waals surface area contributed by atoms with Crippen molar-refractivity contribution in [1.29, 1.82) is 0 Å². The average molecular weight is 440 g/mol. The molecule has 0 amide bonds. The van der Waals surface area contributed by atoms with Crippen LogP contribution in [0.4, 0.5) is 0 Å². The first-order valence-electron chi connectivity index (χ1n) is 11.7. The van der Waals surface area contributed by atoms with Gasteiger partial charge in [0.2, 0.25) is 0 Å². The normalized spacial score (nSPS) is 12.3. The maximum absolute atomic E-state index is 6.45. The Kier molecular flexibility index (Phi) is 5.00. The van der Waals surface area contributed by atoms with Crippen molar-refractivity contribution in [3.63, 3.8) is 0 Å². The van der Waals surface area contributed by atoms with E-state index in [4.69, 9.17) is 9.40 Å². The van der Waals surface area contributed by atoms with Crippen LogP contribution >= 0.6 is 0 Å². The molecule has 2 heteroatoms. The van der Waals surface area contributed by atoms with Crippen molar-refractivity contribution >= 4 is 21.9 Å². The number of furan rings is 1. The summed E-state index contributed by atoms with van der Waals surface area (Å²) in [7, 11) is 0. The lowest BCUT2D eigenvalue weighted by Crippen LogP contribution is -1.97. The Hall–Kier alpha value is -4.17. The predicted octanol–water partition coefficient (Wildman–Crippen LogP) is 8.78. The van der Waals surface area contributed by atoms with E-state index < -0.39 is 0 Å². The molecule has 0 saturated carbocycles. The van der Waals surface area contributed by atoms with Crippen molar-refractivity contribution in [2.45, 2.75) is 19.8 Å². The smallest absolute Gasteiger partial charge is 0.145 e. The second kappa shape index (κ2) is 8.31. The first-order chi connectivity index (χ1) is 16.7. The van der Waals surface area contributed by atoms with Crippen LogP contribution in [-0.2, 0) is 0 Å². The summed E-state index contributed by atoms with van der Waals surface area (Å²) >= 11 is 0. The SMILES string of the molecule is Cc1ccc(-c2cc(C(C)c3ccccc3)ccn2)c2oc3ccc(-c4ccccc4)cc3c12. The summed E-state index contributed by atoms with van der Waals surface area (Å²) in [6.07, 6.45) is 1.91. The molecule has 0 N–H and O–H groups in total. The van der Waals surface area contributed by atoms with E-state index in [1.807, 2.05) is 12.3 Å². The summed E-state index contributed by atoms with van der Waals surface area (Å²) in [4.78, 5) is 4.74. The van der Waals surface area contributed by atoms with Crippen molar-refractivity contribution in [3.05, 3.63) is 126 Å². The molecule has 34 heavy (non-hydrogen) atoms. The van der Waals surface area contributed by atoms with Crippen molar-refractivity contribution in [1.82, 2.24) is 4.98 Å². The molecule has 1 unspecified atom stereocenters. The summed E-state index contributed by atoms with van der Waals surface area (Å²) < 4.78 is 6.45. The van der Waals surface area contributed by atoms with Crippen molar-refractivity contribution in [3.8, 4) is 22.4 Å². The van der Waals surface area contributed by atoms with Gasteiger partial charge in [-0.05, 0) is 65.1 Å². The van der Waals surface area contributed by atoms with Gasteiger partial charge in [-0.1, -0.05) is 79.7 Å². The molecular formula is C32H25NO. The molecule has 2 heterocycles.